The van der Waals surface area contributed by atoms with Crippen molar-refractivity contribution in [3.05, 3.63) is 22.2 Å². The zero-order chi connectivity index (χ0) is 12.5. The normalized spacial score (nSPS) is 24.0. The standard InChI is InChI=1S/C13H17N3O2/c17-8-9-2-1-5-16(7-9)11-6-12(18)15-13(14-11)10-3-4-10/h6,8-10H,1-5,7H2,(H,14,15,18). The Bertz CT molecular complexity index is 507. The molecule has 18 heavy (non-hydrogen) atoms. The van der Waals surface area contributed by atoms with Gasteiger partial charge in [-0.2, -0.15) is 0 Å². The van der Waals surface area contributed by atoms with Crippen molar-refractivity contribution in [2.24, 2.45) is 5.92 Å². The largest absolute Gasteiger partial charge is 0.356 e. The Balaban J connectivity index is 1.86. The number of nitrogens with one attached hydrogen (secondary N) is 1. The van der Waals surface area contributed by atoms with Crippen LogP contribution in [-0.4, -0.2) is 29.3 Å². The summed E-state index contributed by atoms with van der Waals surface area (Å²) >= 11 is 0. The number of piperidine rings is 1. The van der Waals surface area contributed by atoms with E-state index in [4.69, 9.17) is 0 Å². The molecule has 5 nitrogen and oxygen atoms in total. The lowest BCUT2D eigenvalue weighted by molar-refractivity contribution is -0.111. The first-order chi connectivity index (χ1) is 8.76. The van der Waals surface area contributed by atoms with Crippen LogP contribution in [0.25, 0.3) is 0 Å². The number of anilines is 1. The summed E-state index contributed by atoms with van der Waals surface area (Å²) < 4.78 is 0. The molecule has 0 bridgehead atoms. The molecule has 1 aromatic heterocycles. The van der Waals surface area contributed by atoms with E-state index in [0.717, 1.165) is 50.2 Å². The first-order valence-electron chi connectivity index (χ1n) is 6.58. The Hall–Kier alpha value is -1.65. The van der Waals surface area contributed by atoms with E-state index >= 15 is 0 Å². The van der Waals surface area contributed by atoms with E-state index in [1.165, 1.54) is 0 Å². The molecule has 1 unspecified atom stereocenters. The molecule has 1 saturated heterocycles. The minimum absolute atomic E-state index is 0.0733. The molecule has 3 rings (SSSR count). The first kappa shape index (κ1) is 11.4. The van der Waals surface area contributed by atoms with Gasteiger partial charge >= 0.3 is 0 Å². The maximum atomic E-state index is 11.6. The van der Waals surface area contributed by atoms with E-state index in [2.05, 4.69) is 14.9 Å². The zero-order valence-electron chi connectivity index (χ0n) is 10.3. The number of rotatable bonds is 3. The molecular weight excluding hydrogens is 230 g/mol. The van der Waals surface area contributed by atoms with Gasteiger partial charge in [-0.25, -0.2) is 4.98 Å². The number of hydrogen-bond acceptors (Lipinski definition) is 4. The Labute approximate surface area is 105 Å². The Morgan fingerprint density at radius 1 is 1.39 bits per heavy atom. The maximum absolute atomic E-state index is 11.6. The number of aldehydes is 1. The van der Waals surface area contributed by atoms with Gasteiger partial charge in [0.1, 0.15) is 17.9 Å². The molecule has 1 aliphatic carbocycles. The van der Waals surface area contributed by atoms with E-state index in [1.54, 1.807) is 6.07 Å². The Kier molecular flexibility index (Phi) is 2.89. The summed E-state index contributed by atoms with van der Waals surface area (Å²) in [6.45, 7) is 1.56. The van der Waals surface area contributed by atoms with Crippen molar-refractivity contribution < 1.29 is 4.79 Å². The van der Waals surface area contributed by atoms with Crippen molar-refractivity contribution in [2.45, 2.75) is 31.6 Å². The van der Waals surface area contributed by atoms with Crippen molar-refractivity contribution >= 4 is 12.1 Å². The van der Waals surface area contributed by atoms with Crippen LogP contribution in [-0.2, 0) is 4.79 Å². The lowest BCUT2D eigenvalue weighted by atomic mass is 10.00. The van der Waals surface area contributed by atoms with Gasteiger partial charge in [-0.05, 0) is 25.7 Å². The number of nitrogens with zero attached hydrogens (tertiary/aromatic N) is 2. The summed E-state index contributed by atoms with van der Waals surface area (Å²) in [5.74, 6) is 2.05. The summed E-state index contributed by atoms with van der Waals surface area (Å²) in [7, 11) is 0. The second kappa shape index (κ2) is 4.55. The molecule has 2 aliphatic rings. The van der Waals surface area contributed by atoms with Gasteiger partial charge in [0.2, 0.25) is 0 Å². The van der Waals surface area contributed by atoms with Crippen LogP contribution in [0, 0.1) is 5.92 Å². The molecule has 1 aliphatic heterocycles. The highest BCUT2D eigenvalue weighted by molar-refractivity contribution is 5.56. The van der Waals surface area contributed by atoms with Crippen LogP contribution in [0.4, 0.5) is 5.82 Å². The number of carbonyl (C=O) groups excluding carboxylic acids is 1. The average Bonchev–Trinajstić information content (AvgIpc) is 3.22. The molecule has 1 saturated carbocycles. The SMILES string of the molecule is O=CC1CCCN(c2cc(=O)[nH]c(C3CC3)n2)C1. The summed E-state index contributed by atoms with van der Waals surface area (Å²) in [5, 5.41) is 0. The van der Waals surface area contributed by atoms with Crippen LogP contribution in [0.15, 0.2) is 10.9 Å². The van der Waals surface area contributed by atoms with Crippen LogP contribution in [0.2, 0.25) is 0 Å². The summed E-state index contributed by atoms with van der Waals surface area (Å²) in [6, 6.07) is 1.54. The zero-order valence-corrected chi connectivity index (χ0v) is 10.3. The van der Waals surface area contributed by atoms with Crippen molar-refractivity contribution in [3.8, 4) is 0 Å². The van der Waals surface area contributed by atoms with E-state index in [9.17, 15) is 9.59 Å². The third-order valence-corrected chi connectivity index (χ3v) is 3.68. The molecular formula is C13H17N3O2. The van der Waals surface area contributed by atoms with Crippen molar-refractivity contribution in [1.82, 2.24) is 9.97 Å². The summed E-state index contributed by atoms with van der Waals surface area (Å²) in [4.78, 5) is 31.9. The monoisotopic (exact) mass is 247 g/mol. The number of hydrogen-bond donors (Lipinski definition) is 1. The van der Waals surface area contributed by atoms with E-state index in [0.29, 0.717) is 12.5 Å². The van der Waals surface area contributed by atoms with E-state index in [-0.39, 0.29) is 11.5 Å². The molecule has 2 fully saturated rings. The fourth-order valence-electron chi connectivity index (χ4n) is 2.50. The molecule has 0 spiro atoms. The van der Waals surface area contributed by atoms with E-state index in [1.807, 2.05) is 0 Å². The summed E-state index contributed by atoms with van der Waals surface area (Å²) in [5.41, 5.74) is -0.0878. The van der Waals surface area contributed by atoms with Crippen molar-refractivity contribution in [1.29, 1.82) is 0 Å². The van der Waals surface area contributed by atoms with Gasteiger partial charge in [0.25, 0.3) is 5.56 Å². The fraction of sp³-hybridized carbons (Fsp3) is 0.615. The van der Waals surface area contributed by atoms with Gasteiger partial charge in [-0.1, -0.05) is 0 Å². The van der Waals surface area contributed by atoms with Gasteiger partial charge in [-0.3, -0.25) is 4.79 Å². The number of aromatic nitrogens is 2. The highest BCUT2D eigenvalue weighted by Crippen LogP contribution is 2.38. The predicted octanol–water partition coefficient (Wildman–Crippen LogP) is 1.06. The smallest absolute Gasteiger partial charge is 0.252 e. The lowest BCUT2D eigenvalue weighted by Crippen LogP contribution is -2.37. The molecule has 5 heteroatoms. The number of aromatic amines is 1. The fourth-order valence-corrected chi connectivity index (χ4v) is 2.50. The molecule has 0 aromatic carbocycles. The molecule has 2 heterocycles. The van der Waals surface area contributed by atoms with Crippen LogP contribution in [0.1, 0.15) is 37.4 Å². The maximum Gasteiger partial charge on any atom is 0.252 e. The molecule has 1 aromatic rings. The van der Waals surface area contributed by atoms with Gasteiger partial charge < -0.3 is 14.7 Å². The highest BCUT2D eigenvalue weighted by Gasteiger charge is 2.28. The van der Waals surface area contributed by atoms with Crippen LogP contribution >= 0.6 is 0 Å². The number of carbonyl (C=O) groups is 1. The second-order valence-corrected chi connectivity index (χ2v) is 5.25. The molecule has 0 amide bonds. The number of H-pyrrole nitrogens is 1. The molecule has 96 valence electrons. The molecule has 1 N–H and O–H groups in total. The van der Waals surface area contributed by atoms with Crippen LogP contribution < -0.4 is 10.5 Å². The topological polar surface area (TPSA) is 66.1 Å². The predicted molar refractivity (Wildman–Crippen MR) is 67.8 cm³/mol. The average molecular weight is 247 g/mol. The highest BCUT2D eigenvalue weighted by atomic mass is 16.1. The Morgan fingerprint density at radius 3 is 2.94 bits per heavy atom. The minimum atomic E-state index is -0.0878. The minimum Gasteiger partial charge on any atom is -0.356 e. The third-order valence-electron chi connectivity index (χ3n) is 3.68. The van der Waals surface area contributed by atoms with Crippen LogP contribution in [0.5, 0.6) is 0 Å². The van der Waals surface area contributed by atoms with Gasteiger partial charge in [0.15, 0.2) is 0 Å². The van der Waals surface area contributed by atoms with Crippen LogP contribution in [0.3, 0.4) is 0 Å². The van der Waals surface area contributed by atoms with Gasteiger partial charge in [0.05, 0.1) is 0 Å². The second-order valence-electron chi connectivity index (χ2n) is 5.25. The van der Waals surface area contributed by atoms with Gasteiger partial charge in [-0.15, -0.1) is 0 Å². The molecule has 0 radical (unpaired) electrons. The quantitative estimate of drug-likeness (QED) is 0.811. The first-order valence-corrected chi connectivity index (χ1v) is 6.58. The van der Waals surface area contributed by atoms with Crippen molar-refractivity contribution in [2.75, 3.05) is 18.0 Å². The van der Waals surface area contributed by atoms with E-state index < -0.39 is 0 Å². The lowest BCUT2D eigenvalue weighted by Gasteiger charge is -2.31. The molecule has 1 atom stereocenters. The van der Waals surface area contributed by atoms with Gasteiger partial charge in [0, 0.05) is 31.0 Å². The Morgan fingerprint density at radius 2 is 2.22 bits per heavy atom. The summed E-state index contributed by atoms with van der Waals surface area (Å²) in [6.07, 6.45) is 5.17. The van der Waals surface area contributed by atoms with Crippen molar-refractivity contribution in [3.63, 3.8) is 0 Å². The third kappa shape index (κ3) is 2.30.